The summed E-state index contributed by atoms with van der Waals surface area (Å²) in [5.74, 6) is -0.228. The highest BCUT2D eigenvalue weighted by Gasteiger charge is 2.02. The minimum absolute atomic E-state index is 0.228. The number of hydrogen-bond acceptors (Lipinski definition) is 4. The second kappa shape index (κ2) is 6.31. The topological polar surface area (TPSA) is 78.4 Å². The maximum atomic E-state index is 10.3. The number of nitrogens with one attached hydrogen (secondary N) is 2. The molecule has 13 heavy (non-hydrogen) atoms. The summed E-state index contributed by atoms with van der Waals surface area (Å²) in [5.41, 5.74) is 0. The molecule has 0 heterocycles. The van der Waals surface area contributed by atoms with E-state index in [1.165, 1.54) is 0 Å². The lowest BCUT2D eigenvalue weighted by Crippen LogP contribution is -2.33. The van der Waals surface area contributed by atoms with Crippen LogP contribution in [0.1, 0.15) is 13.8 Å². The van der Waals surface area contributed by atoms with Crippen LogP contribution >= 0.6 is 0 Å². The molecule has 0 aliphatic heterocycles. The van der Waals surface area contributed by atoms with Crippen LogP contribution in [0.15, 0.2) is 0 Å². The second-order valence-corrected chi connectivity index (χ2v) is 4.72. The van der Waals surface area contributed by atoms with Crippen molar-refractivity contribution in [2.24, 2.45) is 0 Å². The summed E-state index contributed by atoms with van der Waals surface area (Å²) < 4.78 is 28.9. The number of rotatable bonds is 7. The van der Waals surface area contributed by atoms with E-state index in [9.17, 15) is 8.42 Å². The van der Waals surface area contributed by atoms with Crippen LogP contribution in [-0.4, -0.2) is 44.4 Å². The zero-order valence-corrected chi connectivity index (χ0v) is 8.89. The summed E-state index contributed by atoms with van der Waals surface area (Å²) in [5, 5.41) is 6.06. The van der Waals surface area contributed by atoms with Crippen molar-refractivity contribution in [3.8, 4) is 0 Å². The third-order valence-corrected chi connectivity index (χ3v) is 2.11. The predicted octanol–water partition coefficient (Wildman–Crippen LogP) is -0.538. The normalized spacial score (nSPS) is 12.3. The van der Waals surface area contributed by atoms with Crippen LogP contribution in [0.3, 0.4) is 0 Å². The molecule has 0 aromatic rings. The molecule has 0 rings (SSSR count). The molecule has 0 aromatic carbocycles. The molecule has 0 spiro atoms. The first kappa shape index (κ1) is 12.8. The largest absolute Gasteiger partial charge is 0.314 e. The smallest absolute Gasteiger partial charge is 0.266 e. The van der Waals surface area contributed by atoms with E-state index in [1.807, 2.05) is 13.8 Å². The maximum absolute atomic E-state index is 10.3. The Morgan fingerprint density at radius 1 is 1.23 bits per heavy atom. The zero-order chi connectivity index (χ0) is 10.3. The fraction of sp³-hybridized carbons (Fsp3) is 1.00. The SMILES string of the molecule is CC(C)NCCNCCS(=O)(=O)O. The van der Waals surface area contributed by atoms with E-state index in [4.69, 9.17) is 4.55 Å². The van der Waals surface area contributed by atoms with Crippen LogP contribution in [0.4, 0.5) is 0 Å². The summed E-state index contributed by atoms with van der Waals surface area (Å²) >= 11 is 0. The Bertz CT molecular complexity index is 214. The third-order valence-electron chi connectivity index (χ3n) is 1.39. The molecule has 0 bridgehead atoms. The molecule has 0 unspecified atom stereocenters. The van der Waals surface area contributed by atoms with Gasteiger partial charge in [-0.2, -0.15) is 8.42 Å². The first-order chi connectivity index (χ1) is 5.92. The van der Waals surface area contributed by atoms with E-state index >= 15 is 0 Å². The summed E-state index contributed by atoms with van der Waals surface area (Å²) in [4.78, 5) is 0. The van der Waals surface area contributed by atoms with Crippen LogP contribution in [0.25, 0.3) is 0 Å². The molecule has 0 aliphatic rings. The van der Waals surface area contributed by atoms with Crippen LogP contribution < -0.4 is 10.6 Å². The first-order valence-electron chi connectivity index (χ1n) is 4.31. The van der Waals surface area contributed by atoms with Crippen LogP contribution in [0.2, 0.25) is 0 Å². The lowest BCUT2D eigenvalue weighted by atomic mass is 10.4. The first-order valence-corrected chi connectivity index (χ1v) is 5.92. The van der Waals surface area contributed by atoms with Gasteiger partial charge in [-0.25, -0.2) is 0 Å². The lowest BCUT2D eigenvalue weighted by Gasteiger charge is -2.08. The van der Waals surface area contributed by atoms with Gasteiger partial charge in [0.15, 0.2) is 0 Å². The van der Waals surface area contributed by atoms with E-state index in [1.54, 1.807) is 0 Å². The van der Waals surface area contributed by atoms with E-state index < -0.39 is 10.1 Å². The van der Waals surface area contributed by atoms with E-state index in [2.05, 4.69) is 10.6 Å². The highest BCUT2D eigenvalue weighted by atomic mass is 32.2. The molecule has 0 atom stereocenters. The van der Waals surface area contributed by atoms with Gasteiger partial charge in [-0.3, -0.25) is 4.55 Å². The molecule has 0 aliphatic carbocycles. The molecule has 0 aromatic heterocycles. The molecule has 0 radical (unpaired) electrons. The van der Waals surface area contributed by atoms with Crippen molar-refractivity contribution < 1.29 is 13.0 Å². The zero-order valence-electron chi connectivity index (χ0n) is 8.08. The van der Waals surface area contributed by atoms with Crippen molar-refractivity contribution in [3.63, 3.8) is 0 Å². The molecule has 5 nitrogen and oxygen atoms in total. The fourth-order valence-corrected chi connectivity index (χ4v) is 1.18. The van der Waals surface area contributed by atoms with Gasteiger partial charge in [0.1, 0.15) is 0 Å². The van der Waals surface area contributed by atoms with E-state index in [0.29, 0.717) is 19.1 Å². The molecule has 6 heteroatoms. The van der Waals surface area contributed by atoms with Crippen molar-refractivity contribution in [1.29, 1.82) is 0 Å². The molecule has 0 fully saturated rings. The van der Waals surface area contributed by atoms with Gasteiger partial charge in [-0.15, -0.1) is 0 Å². The monoisotopic (exact) mass is 210 g/mol. The summed E-state index contributed by atoms with van der Waals surface area (Å²) in [6, 6.07) is 0.434. The molecular formula is C7H18N2O3S. The van der Waals surface area contributed by atoms with Crippen molar-refractivity contribution in [1.82, 2.24) is 10.6 Å². The highest BCUT2D eigenvalue weighted by molar-refractivity contribution is 7.85. The average molecular weight is 210 g/mol. The standard InChI is InChI=1S/C7H18N2O3S/c1-7(2)9-4-3-8-5-6-13(10,11)12/h7-9H,3-6H2,1-2H3,(H,10,11,12). The number of hydrogen-bond donors (Lipinski definition) is 3. The Labute approximate surface area is 79.7 Å². The Morgan fingerprint density at radius 2 is 1.85 bits per heavy atom. The predicted molar refractivity (Wildman–Crippen MR) is 52.4 cm³/mol. The van der Waals surface area contributed by atoms with Gasteiger partial charge in [-0.05, 0) is 0 Å². The van der Waals surface area contributed by atoms with Crippen LogP contribution in [-0.2, 0) is 10.1 Å². The molecule has 3 N–H and O–H groups in total. The van der Waals surface area contributed by atoms with Crippen molar-refractivity contribution in [2.75, 3.05) is 25.4 Å². The van der Waals surface area contributed by atoms with Gasteiger partial charge in [0, 0.05) is 25.7 Å². The van der Waals surface area contributed by atoms with Gasteiger partial charge in [-0.1, -0.05) is 13.8 Å². The Balaban J connectivity index is 3.18. The van der Waals surface area contributed by atoms with Crippen molar-refractivity contribution in [3.05, 3.63) is 0 Å². The molecule has 80 valence electrons. The Hall–Kier alpha value is -0.170. The third kappa shape index (κ3) is 11.8. The van der Waals surface area contributed by atoms with Gasteiger partial charge in [0.05, 0.1) is 5.75 Å². The Kier molecular flexibility index (Phi) is 6.23. The highest BCUT2D eigenvalue weighted by Crippen LogP contribution is 1.78. The minimum Gasteiger partial charge on any atom is -0.314 e. The van der Waals surface area contributed by atoms with Gasteiger partial charge in [0.2, 0.25) is 0 Å². The molecule has 0 amide bonds. The fourth-order valence-electron chi connectivity index (χ4n) is 0.775. The van der Waals surface area contributed by atoms with Gasteiger partial charge < -0.3 is 10.6 Å². The minimum atomic E-state index is -3.81. The van der Waals surface area contributed by atoms with Crippen LogP contribution in [0, 0.1) is 0 Å². The van der Waals surface area contributed by atoms with Gasteiger partial charge >= 0.3 is 0 Å². The van der Waals surface area contributed by atoms with Crippen molar-refractivity contribution >= 4 is 10.1 Å². The molecule has 0 saturated carbocycles. The summed E-state index contributed by atoms with van der Waals surface area (Å²) in [7, 11) is -3.81. The van der Waals surface area contributed by atoms with E-state index in [-0.39, 0.29) is 5.75 Å². The van der Waals surface area contributed by atoms with Crippen molar-refractivity contribution in [2.45, 2.75) is 19.9 Å². The summed E-state index contributed by atoms with van der Waals surface area (Å²) in [6.45, 7) is 5.87. The molecule has 0 saturated heterocycles. The van der Waals surface area contributed by atoms with E-state index in [0.717, 1.165) is 6.54 Å². The van der Waals surface area contributed by atoms with Crippen LogP contribution in [0.5, 0.6) is 0 Å². The quantitative estimate of drug-likeness (QED) is 0.388. The second-order valence-electron chi connectivity index (χ2n) is 3.14. The average Bonchev–Trinajstić information content (AvgIpc) is 1.93. The molecular weight excluding hydrogens is 192 g/mol. The lowest BCUT2D eigenvalue weighted by molar-refractivity contribution is 0.479. The summed E-state index contributed by atoms with van der Waals surface area (Å²) in [6.07, 6.45) is 0. The Morgan fingerprint density at radius 3 is 2.31 bits per heavy atom. The van der Waals surface area contributed by atoms with Gasteiger partial charge in [0.25, 0.3) is 10.1 Å². The maximum Gasteiger partial charge on any atom is 0.266 e.